The highest BCUT2D eigenvalue weighted by molar-refractivity contribution is 5.65. The molecule has 0 unspecified atom stereocenters. The van der Waals surface area contributed by atoms with E-state index in [0.717, 1.165) is 43.0 Å². The number of H-pyrrole nitrogens is 1. The highest BCUT2D eigenvalue weighted by atomic mass is 19.1. The minimum absolute atomic E-state index is 0.189. The minimum atomic E-state index is -0.686. The molecule has 1 aliphatic rings. The van der Waals surface area contributed by atoms with Gasteiger partial charge in [-0.3, -0.25) is 4.40 Å². The molecule has 1 aromatic carbocycles. The third-order valence-corrected chi connectivity index (χ3v) is 4.13. The maximum atomic E-state index is 13.9. The number of imidazole rings is 1. The highest BCUT2D eigenvalue weighted by Gasteiger charge is 2.19. The normalized spacial score (nSPS) is 14.3. The molecule has 0 saturated carbocycles. The summed E-state index contributed by atoms with van der Waals surface area (Å²) < 4.78 is 28.4. The highest BCUT2D eigenvalue weighted by Crippen LogP contribution is 2.26. The molecule has 0 radical (unpaired) electrons. The summed E-state index contributed by atoms with van der Waals surface area (Å²) in [5, 5.41) is 0. The fraction of sp³-hybridized carbons (Fsp3) is 0.250. The van der Waals surface area contributed by atoms with E-state index in [0.29, 0.717) is 11.3 Å². The topological polar surface area (TPSA) is 50.2 Å². The van der Waals surface area contributed by atoms with Crippen molar-refractivity contribution in [3.05, 3.63) is 57.8 Å². The van der Waals surface area contributed by atoms with Crippen LogP contribution in [0.15, 0.2) is 29.2 Å². The Morgan fingerprint density at radius 1 is 1.18 bits per heavy atom. The van der Waals surface area contributed by atoms with Crippen molar-refractivity contribution in [3.63, 3.8) is 0 Å². The van der Waals surface area contributed by atoms with Crippen molar-refractivity contribution in [2.75, 3.05) is 0 Å². The van der Waals surface area contributed by atoms with Crippen LogP contribution in [0, 0.1) is 11.6 Å². The number of rotatable bonds is 1. The summed E-state index contributed by atoms with van der Waals surface area (Å²) >= 11 is 0. The molecule has 22 heavy (non-hydrogen) atoms. The van der Waals surface area contributed by atoms with Crippen LogP contribution in [0.1, 0.15) is 24.1 Å². The van der Waals surface area contributed by atoms with Crippen LogP contribution in [0.25, 0.3) is 16.9 Å². The van der Waals surface area contributed by atoms with Gasteiger partial charge in [0.25, 0.3) is 0 Å². The van der Waals surface area contributed by atoms with Crippen LogP contribution >= 0.6 is 0 Å². The molecular weight excluding hydrogens is 288 g/mol. The van der Waals surface area contributed by atoms with Crippen molar-refractivity contribution >= 4 is 5.65 Å². The number of aromatic nitrogens is 3. The van der Waals surface area contributed by atoms with Crippen LogP contribution in [0.2, 0.25) is 0 Å². The quantitative estimate of drug-likeness (QED) is 0.751. The number of benzene rings is 1. The first-order valence-electron chi connectivity index (χ1n) is 7.22. The number of hydrogen-bond donors (Lipinski definition) is 1. The third-order valence-electron chi connectivity index (χ3n) is 4.13. The maximum Gasteiger partial charge on any atom is 0.331 e. The zero-order valence-corrected chi connectivity index (χ0v) is 11.7. The predicted molar refractivity (Wildman–Crippen MR) is 77.8 cm³/mol. The van der Waals surface area contributed by atoms with E-state index in [1.165, 1.54) is 22.7 Å². The zero-order valence-electron chi connectivity index (χ0n) is 11.7. The van der Waals surface area contributed by atoms with Gasteiger partial charge in [0, 0.05) is 29.1 Å². The van der Waals surface area contributed by atoms with Crippen LogP contribution in [0.3, 0.4) is 0 Å². The first kappa shape index (κ1) is 13.2. The van der Waals surface area contributed by atoms with Crippen molar-refractivity contribution in [1.82, 2.24) is 14.4 Å². The standard InChI is InChI=1S/C16H13F2N3O/c17-9-5-6-10(12(18)7-9)14-8-21-15(19-14)11-3-1-2-4-13(11)20-16(21)22/h5-8H,1-4H2,(H,20,22). The fourth-order valence-corrected chi connectivity index (χ4v) is 3.05. The van der Waals surface area contributed by atoms with E-state index in [9.17, 15) is 13.6 Å². The summed E-state index contributed by atoms with van der Waals surface area (Å²) in [4.78, 5) is 19.4. The van der Waals surface area contributed by atoms with Crippen LogP contribution in [0.4, 0.5) is 8.78 Å². The molecule has 1 N–H and O–H groups in total. The third kappa shape index (κ3) is 1.94. The van der Waals surface area contributed by atoms with Crippen molar-refractivity contribution in [2.45, 2.75) is 25.7 Å². The van der Waals surface area contributed by atoms with Gasteiger partial charge in [0.05, 0.1) is 5.69 Å². The molecule has 0 atom stereocenters. The summed E-state index contributed by atoms with van der Waals surface area (Å²) in [6.45, 7) is 0. The molecule has 0 amide bonds. The largest absolute Gasteiger partial charge is 0.331 e. The molecule has 0 aliphatic heterocycles. The van der Waals surface area contributed by atoms with Crippen molar-refractivity contribution in [1.29, 1.82) is 0 Å². The maximum absolute atomic E-state index is 13.9. The Hall–Kier alpha value is -2.50. The lowest BCUT2D eigenvalue weighted by Gasteiger charge is -2.15. The first-order chi connectivity index (χ1) is 10.6. The molecule has 3 aromatic rings. The summed E-state index contributed by atoms with van der Waals surface area (Å²) in [7, 11) is 0. The smallest absolute Gasteiger partial charge is 0.311 e. The Morgan fingerprint density at radius 3 is 2.82 bits per heavy atom. The molecule has 0 fully saturated rings. The van der Waals surface area contributed by atoms with Crippen LogP contribution in [0.5, 0.6) is 0 Å². The zero-order chi connectivity index (χ0) is 15.3. The number of halogens is 2. The van der Waals surface area contributed by atoms with Gasteiger partial charge in [0.2, 0.25) is 0 Å². The lowest BCUT2D eigenvalue weighted by molar-refractivity contribution is 0.585. The lowest BCUT2D eigenvalue weighted by atomic mass is 9.97. The van der Waals surface area contributed by atoms with Crippen molar-refractivity contribution < 1.29 is 8.78 Å². The van der Waals surface area contributed by atoms with Gasteiger partial charge in [-0.05, 0) is 37.8 Å². The molecular formula is C16H13F2N3O. The minimum Gasteiger partial charge on any atom is -0.311 e. The van der Waals surface area contributed by atoms with E-state index in [-0.39, 0.29) is 11.3 Å². The molecule has 2 heterocycles. The molecule has 112 valence electrons. The SMILES string of the molecule is O=c1[nH]c2c(c3nc(-c4ccc(F)cc4F)cn13)CCCC2. The number of aryl methyl sites for hydroxylation is 2. The van der Waals surface area contributed by atoms with E-state index in [1.54, 1.807) is 0 Å². The molecule has 6 heteroatoms. The van der Waals surface area contributed by atoms with Gasteiger partial charge < -0.3 is 4.98 Å². The Kier molecular flexibility index (Phi) is 2.85. The number of fused-ring (bicyclic) bond motifs is 3. The number of nitrogens with zero attached hydrogens (tertiary/aromatic N) is 2. The number of nitrogens with one attached hydrogen (secondary N) is 1. The average Bonchev–Trinajstić information content (AvgIpc) is 2.93. The summed E-state index contributed by atoms with van der Waals surface area (Å²) in [6, 6.07) is 3.34. The molecule has 4 rings (SSSR count). The monoisotopic (exact) mass is 301 g/mol. The van der Waals surface area contributed by atoms with Crippen LogP contribution in [-0.2, 0) is 12.8 Å². The lowest BCUT2D eigenvalue weighted by Crippen LogP contribution is -2.21. The second-order valence-corrected chi connectivity index (χ2v) is 5.54. The summed E-state index contributed by atoms with van der Waals surface area (Å²) in [6.07, 6.45) is 5.26. The fourth-order valence-electron chi connectivity index (χ4n) is 3.05. The van der Waals surface area contributed by atoms with E-state index >= 15 is 0 Å². The van der Waals surface area contributed by atoms with E-state index < -0.39 is 11.6 Å². The molecule has 0 saturated heterocycles. The Morgan fingerprint density at radius 2 is 2.00 bits per heavy atom. The van der Waals surface area contributed by atoms with Crippen LogP contribution < -0.4 is 5.69 Å². The van der Waals surface area contributed by atoms with E-state index in [1.807, 2.05) is 0 Å². The van der Waals surface area contributed by atoms with Gasteiger partial charge in [0.15, 0.2) is 0 Å². The van der Waals surface area contributed by atoms with Gasteiger partial charge in [-0.2, -0.15) is 0 Å². The molecule has 0 bridgehead atoms. The van der Waals surface area contributed by atoms with Crippen LogP contribution in [-0.4, -0.2) is 14.4 Å². The average molecular weight is 301 g/mol. The molecule has 0 spiro atoms. The predicted octanol–water partition coefficient (Wildman–Crippen LogP) is 2.85. The van der Waals surface area contributed by atoms with Gasteiger partial charge in [-0.25, -0.2) is 18.6 Å². The van der Waals surface area contributed by atoms with E-state index in [2.05, 4.69) is 9.97 Å². The molecule has 2 aromatic heterocycles. The number of aromatic amines is 1. The second kappa shape index (κ2) is 4.76. The molecule has 4 nitrogen and oxygen atoms in total. The van der Waals surface area contributed by atoms with Gasteiger partial charge in [-0.1, -0.05) is 0 Å². The van der Waals surface area contributed by atoms with Gasteiger partial charge in [-0.15, -0.1) is 0 Å². The Labute approximate surface area is 124 Å². The van der Waals surface area contributed by atoms with E-state index in [4.69, 9.17) is 0 Å². The Balaban J connectivity index is 1.97. The summed E-state index contributed by atoms with van der Waals surface area (Å²) in [5.41, 5.74) is 2.74. The van der Waals surface area contributed by atoms with Gasteiger partial charge >= 0.3 is 5.69 Å². The second-order valence-electron chi connectivity index (χ2n) is 5.54. The number of hydrogen-bond acceptors (Lipinski definition) is 2. The van der Waals surface area contributed by atoms with Gasteiger partial charge in [0.1, 0.15) is 17.3 Å². The Bertz CT molecular complexity index is 942. The van der Waals surface area contributed by atoms with Crippen molar-refractivity contribution in [3.8, 4) is 11.3 Å². The van der Waals surface area contributed by atoms with Crippen molar-refractivity contribution in [2.24, 2.45) is 0 Å². The first-order valence-corrected chi connectivity index (χ1v) is 7.22. The summed E-state index contributed by atoms with van der Waals surface area (Å²) in [5.74, 6) is -1.33. The molecule has 1 aliphatic carbocycles.